The maximum atomic E-state index is 10.3. The van der Waals surface area contributed by atoms with Crippen molar-refractivity contribution in [1.29, 1.82) is 0 Å². The van der Waals surface area contributed by atoms with Gasteiger partial charge in [0.05, 0.1) is 12.8 Å². The van der Waals surface area contributed by atoms with Crippen molar-refractivity contribution < 1.29 is 61.0 Å². The Bertz CT molecular complexity index is 238. The summed E-state index contributed by atoms with van der Waals surface area (Å²) in [5.41, 5.74) is -2.74. The largest absolute Gasteiger partial charge is 0 e. The van der Waals surface area contributed by atoms with Gasteiger partial charge in [-0.25, -0.2) is 4.79 Å². The van der Waals surface area contributed by atoms with E-state index >= 15 is 0 Å². The van der Waals surface area contributed by atoms with Crippen LogP contribution in [0.2, 0.25) is 0 Å². The van der Waals surface area contributed by atoms with E-state index in [9.17, 15) is 14.4 Å². The monoisotopic (exact) mass is 322 g/mol. The maximum Gasteiger partial charge on any atom is 0 e. The second-order valence-electron chi connectivity index (χ2n) is 2.48. The van der Waals surface area contributed by atoms with Gasteiger partial charge in [-0.15, -0.1) is 0 Å². The molecule has 15 heavy (non-hydrogen) atoms. The van der Waals surface area contributed by atoms with Gasteiger partial charge in [0.2, 0.25) is 0 Å². The van der Waals surface area contributed by atoms with Crippen LogP contribution in [0.5, 0.6) is 0 Å². The molecule has 0 unspecified atom stereocenters. The van der Waals surface area contributed by atoms with Crippen molar-refractivity contribution in [2.45, 2.75) is 18.4 Å². The standard InChI is InChI=1S/C6H8O7.K.Zr.H/c7-3(8)1-6(13,5(11)12)2-4(9)10;;;/h13H,1-2H2,(H,7,8)(H,9,10)(H,11,12);;;. The molecular weight excluding hydrogens is 314 g/mol. The van der Waals surface area contributed by atoms with E-state index in [1.807, 2.05) is 0 Å². The molecule has 0 aromatic heterocycles. The third-order valence-electron chi connectivity index (χ3n) is 1.29. The van der Waals surface area contributed by atoms with Crippen molar-refractivity contribution >= 4 is 69.3 Å². The Kier molecular flexibility index (Phi) is 12.7. The Labute approximate surface area is 146 Å². The number of hydrogen-bond acceptors (Lipinski definition) is 4. The van der Waals surface area contributed by atoms with Crippen LogP contribution in [0.3, 0.4) is 0 Å². The average Bonchev–Trinajstić information content (AvgIpc) is 1.82. The molecule has 9 heteroatoms. The Morgan fingerprint density at radius 1 is 0.933 bits per heavy atom. The van der Waals surface area contributed by atoms with Gasteiger partial charge in [-0.05, 0) is 0 Å². The molecule has 0 rings (SSSR count). The van der Waals surface area contributed by atoms with Gasteiger partial charge in [-0.2, -0.15) is 0 Å². The van der Waals surface area contributed by atoms with Gasteiger partial charge >= 0.3 is 69.3 Å². The van der Waals surface area contributed by atoms with Gasteiger partial charge in [-0.1, -0.05) is 0 Å². The van der Waals surface area contributed by atoms with E-state index in [4.69, 9.17) is 20.4 Å². The Morgan fingerprint density at radius 3 is 1.33 bits per heavy atom. The molecule has 0 heterocycles. The molecule has 0 bridgehead atoms. The average molecular weight is 323 g/mol. The van der Waals surface area contributed by atoms with E-state index < -0.39 is 36.4 Å². The molecule has 0 aliphatic heterocycles. The minimum absolute atomic E-state index is 0. The summed E-state index contributed by atoms with van der Waals surface area (Å²) in [4.78, 5) is 30.5. The summed E-state index contributed by atoms with van der Waals surface area (Å²) in [6, 6.07) is 0. The van der Waals surface area contributed by atoms with E-state index in [2.05, 4.69) is 0 Å². The second kappa shape index (κ2) is 8.98. The molecule has 0 spiro atoms. The summed E-state index contributed by atoms with van der Waals surface area (Å²) in [7, 11) is 0. The fourth-order valence-corrected chi connectivity index (χ4v) is 0.714. The second-order valence-corrected chi connectivity index (χ2v) is 2.48. The van der Waals surface area contributed by atoms with Crippen LogP contribution in [0.15, 0.2) is 0 Å². The van der Waals surface area contributed by atoms with Gasteiger partial charge in [-0.3, -0.25) is 9.59 Å². The zero-order valence-corrected chi connectivity index (χ0v) is 9.39. The van der Waals surface area contributed by atoms with Crippen molar-refractivity contribution in [1.82, 2.24) is 0 Å². The van der Waals surface area contributed by atoms with Gasteiger partial charge in [0, 0.05) is 26.2 Å². The predicted molar refractivity (Wildman–Crippen MR) is 44.2 cm³/mol. The molecule has 0 saturated carbocycles. The summed E-state index contributed by atoms with van der Waals surface area (Å²) in [5, 5.41) is 33.8. The van der Waals surface area contributed by atoms with Crippen LogP contribution in [0.25, 0.3) is 0 Å². The summed E-state index contributed by atoms with van der Waals surface area (Å²) >= 11 is 0. The molecule has 0 radical (unpaired) electrons. The minimum atomic E-state index is -2.74. The Balaban J connectivity index is -0.000000720. The number of hydrogen-bond donors (Lipinski definition) is 4. The third-order valence-corrected chi connectivity index (χ3v) is 1.29. The molecule has 0 atom stereocenters. The number of aliphatic hydroxyl groups is 1. The summed E-state index contributed by atoms with van der Waals surface area (Å²) in [6.07, 6.45) is -2.29. The van der Waals surface area contributed by atoms with Crippen molar-refractivity contribution in [2.75, 3.05) is 0 Å². The molecule has 0 aliphatic carbocycles. The van der Waals surface area contributed by atoms with E-state index in [0.717, 1.165) is 0 Å². The van der Waals surface area contributed by atoms with E-state index in [1.165, 1.54) is 0 Å². The SMILES string of the molecule is O=C(O)CC(O)(CC(=O)O)C(=O)O.[KH].[Zr]. The van der Waals surface area contributed by atoms with Crippen LogP contribution in [-0.4, -0.2) is 95.3 Å². The van der Waals surface area contributed by atoms with Crippen molar-refractivity contribution in [2.24, 2.45) is 0 Å². The molecule has 0 aliphatic rings. The van der Waals surface area contributed by atoms with Crippen molar-refractivity contribution in [3.8, 4) is 0 Å². The minimum Gasteiger partial charge on any atom is 0 e. The normalized spacial score (nSPS) is 9.40. The Morgan fingerprint density at radius 2 is 1.20 bits per heavy atom. The third kappa shape index (κ3) is 8.67. The first-order chi connectivity index (χ1) is 5.78. The van der Waals surface area contributed by atoms with E-state index in [-0.39, 0.29) is 77.6 Å². The number of carbonyl (C=O) groups is 3. The van der Waals surface area contributed by atoms with Gasteiger partial charge < -0.3 is 20.4 Å². The Hall–Kier alpha value is 0.889. The number of rotatable bonds is 5. The van der Waals surface area contributed by atoms with Crippen LogP contribution in [0.4, 0.5) is 0 Å². The quantitative estimate of drug-likeness (QED) is 0.434. The van der Waals surface area contributed by atoms with Crippen LogP contribution in [-0.2, 0) is 40.6 Å². The number of aliphatic carboxylic acids is 3. The van der Waals surface area contributed by atoms with E-state index in [0.29, 0.717) is 0 Å². The molecule has 0 fully saturated rings. The number of carboxylic acids is 3. The maximum absolute atomic E-state index is 10.3. The fraction of sp³-hybridized carbons (Fsp3) is 0.500. The zero-order chi connectivity index (χ0) is 10.6. The van der Waals surface area contributed by atoms with Gasteiger partial charge in [0.15, 0.2) is 5.60 Å². The van der Waals surface area contributed by atoms with Gasteiger partial charge in [0.25, 0.3) is 0 Å². The fourth-order valence-electron chi connectivity index (χ4n) is 0.714. The molecule has 80 valence electrons. The van der Waals surface area contributed by atoms with Crippen molar-refractivity contribution in [3.05, 3.63) is 0 Å². The molecule has 4 N–H and O–H groups in total. The molecular formula is C6H9KO7Zr. The van der Waals surface area contributed by atoms with Crippen LogP contribution in [0, 0.1) is 0 Å². The molecule has 0 amide bonds. The zero-order valence-electron chi connectivity index (χ0n) is 6.93. The van der Waals surface area contributed by atoms with Gasteiger partial charge in [0.1, 0.15) is 0 Å². The topological polar surface area (TPSA) is 132 Å². The first-order valence-electron chi connectivity index (χ1n) is 3.17. The number of carboxylic acid groups (broad SMARTS) is 3. The smallest absolute Gasteiger partial charge is 0 e. The summed E-state index contributed by atoms with van der Waals surface area (Å²) in [5.74, 6) is -5.02. The predicted octanol–water partition coefficient (Wildman–Crippen LogP) is -1.90. The summed E-state index contributed by atoms with van der Waals surface area (Å²) in [6.45, 7) is 0. The van der Waals surface area contributed by atoms with Crippen LogP contribution in [0.1, 0.15) is 12.8 Å². The first kappa shape index (κ1) is 21.2. The van der Waals surface area contributed by atoms with Crippen LogP contribution >= 0.6 is 0 Å². The molecule has 0 aromatic rings. The summed E-state index contributed by atoms with van der Waals surface area (Å²) < 4.78 is 0. The van der Waals surface area contributed by atoms with Crippen molar-refractivity contribution in [3.63, 3.8) is 0 Å². The molecule has 0 aromatic carbocycles. The van der Waals surface area contributed by atoms with Crippen LogP contribution < -0.4 is 0 Å². The van der Waals surface area contributed by atoms with E-state index in [1.54, 1.807) is 0 Å². The molecule has 0 saturated heterocycles. The first-order valence-corrected chi connectivity index (χ1v) is 3.17. The molecule has 7 nitrogen and oxygen atoms in total.